The first-order valence-corrected chi connectivity index (χ1v) is 5.78. The van der Waals surface area contributed by atoms with Gasteiger partial charge in [0, 0.05) is 6.61 Å². The number of carbonyl (C=O) groups excluding carboxylic acids is 1. The summed E-state index contributed by atoms with van der Waals surface area (Å²) < 4.78 is 5.07. The van der Waals surface area contributed by atoms with Gasteiger partial charge in [0.1, 0.15) is 11.2 Å². The Morgan fingerprint density at radius 2 is 1.80 bits per heavy atom. The summed E-state index contributed by atoms with van der Waals surface area (Å²) in [6.07, 6.45) is 3.14. The summed E-state index contributed by atoms with van der Waals surface area (Å²) in [5.41, 5.74) is -0.150. The quantitative estimate of drug-likeness (QED) is 0.553. The van der Waals surface area contributed by atoms with Gasteiger partial charge in [-0.05, 0) is 26.2 Å². The zero-order chi connectivity index (χ0) is 11.1. The number of hydrogen-bond donors (Lipinski definition) is 1. The van der Waals surface area contributed by atoms with E-state index in [1.807, 2.05) is 0 Å². The third kappa shape index (κ3) is 4.97. The summed E-state index contributed by atoms with van der Waals surface area (Å²) in [6, 6.07) is 0. The maximum atomic E-state index is 10.7. The Morgan fingerprint density at radius 1 is 1.20 bits per heavy atom. The van der Waals surface area contributed by atoms with E-state index in [9.17, 15) is 4.79 Å². The number of hydrogen-bond acceptors (Lipinski definition) is 5. The average Bonchev–Trinajstić information content (AvgIpc) is 2.68. The van der Waals surface area contributed by atoms with E-state index in [1.165, 1.54) is 0 Å². The van der Waals surface area contributed by atoms with Crippen LogP contribution in [0.3, 0.4) is 0 Å². The molecule has 0 bridgehead atoms. The van der Waals surface area contributed by atoms with Gasteiger partial charge in [-0.3, -0.25) is 4.79 Å². The molecule has 0 aromatic heterocycles. The smallest absolute Gasteiger partial charge is 0.136 e. The zero-order valence-electron chi connectivity index (χ0n) is 8.98. The van der Waals surface area contributed by atoms with Crippen molar-refractivity contribution in [2.75, 3.05) is 19.8 Å². The van der Waals surface area contributed by atoms with Crippen LogP contribution in [-0.4, -0.2) is 31.0 Å². The van der Waals surface area contributed by atoms with E-state index in [-0.39, 0.29) is 17.1 Å². The Hall–Kier alpha value is -0.100. The van der Waals surface area contributed by atoms with E-state index in [1.54, 1.807) is 6.92 Å². The Balaban J connectivity index is 0.000000162. The van der Waals surface area contributed by atoms with Crippen molar-refractivity contribution in [1.82, 2.24) is 0 Å². The molecule has 0 N–H and O–H groups in total. The van der Waals surface area contributed by atoms with Crippen molar-refractivity contribution < 1.29 is 19.3 Å². The molecule has 2 aliphatic rings. The molecule has 0 aliphatic carbocycles. The minimum Gasteiger partial charge on any atom is -0.367 e. The second-order valence-electron chi connectivity index (χ2n) is 3.62. The predicted molar refractivity (Wildman–Crippen MR) is 58.7 cm³/mol. The van der Waals surface area contributed by atoms with Crippen LogP contribution in [0.25, 0.3) is 0 Å². The van der Waals surface area contributed by atoms with Crippen molar-refractivity contribution in [1.29, 1.82) is 0 Å². The Kier molecular flexibility index (Phi) is 6.24. The standard InChI is InChI=1S/C6H10O2S.C4H8O2/c1-4(7)5-2-3-8-6(5)9;1-2-4-6-5-3-1/h5-6,9H,2-3H2,1H3;1-4H2. The number of carbonyl (C=O) groups is 1. The van der Waals surface area contributed by atoms with Gasteiger partial charge in [0.2, 0.25) is 0 Å². The summed E-state index contributed by atoms with van der Waals surface area (Å²) in [5.74, 6) is 0.223. The lowest BCUT2D eigenvalue weighted by Gasteiger charge is -2.07. The third-order valence-corrected chi connectivity index (χ3v) is 2.88. The topological polar surface area (TPSA) is 44.8 Å². The molecule has 0 aromatic rings. The first-order chi connectivity index (χ1) is 7.22. The van der Waals surface area contributed by atoms with E-state index in [4.69, 9.17) is 4.74 Å². The second kappa shape index (κ2) is 7.22. The van der Waals surface area contributed by atoms with Crippen molar-refractivity contribution >= 4 is 18.4 Å². The molecule has 15 heavy (non-hydrogen) atoms. The maximum Gasteiger partial charge on any atom is 0.136 e. The molecule has 0 saturated carbocycles. The van der Waals surface area contributed by atoms with Crippen LogP contribution in [0.4, 0.5) is 0 Å². The SMILES string of the molecule is C1CCOOC1.CC(=O)C1CCOC1S. The number of thiol groups is 1. The number of ketones is 1. The van der Waals surface area contributed by atoms with Crippen LogP contribution in [0.5, 0.6) is 0 Å². The number of Topliss-reactive ketones (excluding diaryl/α,β-unsaturated/α-hetero) is 1. The van der Waals surface area contributed by atoms with E-state index < -0.39 is 0 Å². The molecule has 0 radical (unpaired) electrons. The Morgan fingerprint density at radius 3 is 2.00 bits per heavy atom. The predicted octanol–water partition coefficient (Wildman–Crippen LogP) is 1.60. The highest BCUT2D eigenvalue weighted by Gasteiger charge is 2.28. The summed E-state index contributed by atoms with van der Waals surface area (Å²) in [4.78, 5) is 19.9. The summed E-state index contributed by atoms with van der Waals surface area (Å²) >= 11 is 4.08. The molecular formula is C10H18O4S. The fourth-order valence-corrected chi connectivity index (χ4v) is 1.88. The normalized spacial score (nSPS) is 30.5. The van der Waals surface area contributed by atoms with E-state index in [2.05, 4.69) is 22.4 Å². The molecular weight excluding hydrogens is 216 g/mol. The van der Waals surface area contributed by atoms with Crippen LogP contribution < -0.4 is 0 Å². The van der Waals surface area contributed by atoms with Gasteiger partial charge in [0.15, 0.2) is 0 Å². The van der Waals surface area contributed by atoms with Gasteiger partial charge < -0.3 is 4.74 Å². The van der Waals surface area contributed by atoms with Gasteiger partial charge >= 0.3 is 0 Å². The van der Waals surface area contributed by atoms with Gasteiger partial charge in [-0.2, -0.15) is 0 Å². The van der Waals surface area contributed by atoms with Crippen LogP contribution in [0.15, 0.2) is 0 Å². The molecule has 0 amide bonds. The molecule has 2 aliphatic heterocycles. The fraction of sp³-hybridized carbons (Fsp3) is 0.900. The summed E-state index contributed by atoms with van der Waals surface area (Å²) in [5, 5.41) is 0. The van der Waals surface area contributed by atoms with Crippen molar-refractivity contribution in [3.05, 3.63) is 0 Å². The molecule has 2 saturated heterocycles. The lowest BCUT2D eigenvalue weighted by molar-refractivity contribution is -0.312. The van der Waals surface area contributed by atoms with Crippen LogP contribution in [-0.2, 0) is 19.3 Å². The van der Waals surface area contributed by atoms with Gasteiger partial charge in [0.05, 0.1) is 19.1 Å². The van der Waals surface area contributed by atoms with Crippen molar-refractivity contribution in [3.63, 3.8) is 0 Å². The van der Waals surface area contributed by atoms with Crippen LogP contribution in [0.2, 0.25) is 0 Å². The first kappa shape index (κ1) is 13.0. The van der Waals surface area contributed by atoms with Gasteiger partial charge in [-0.1, -0.05) is 0 Å². The van der Waals surface area contributed by atoms with Crippen LogP contribution in [0.1, 0.15) is 26.2 Å². The maximum absolute atomic E-state index is 10.7. The number of rotatable bonds is 1. The molecule has 0 aromatic carbocycles. The fourth-order valence-electron chi connectivity index (χ4n) is 1.42. The van der Waals surface area contributed by atoms with Crippen molar-refractivity contribution in [3.8, 4) is 0 Å². The minimum absolute atomic E-state index is 0.0355. The molecule has 88 valence electrons. The number of ether oxygens (including phenoxy) is 1. The second-order valence-corrected chi connectivity index (χ2v) is 4.13. The molecule has 2 heterocycles. The minimum atomic E-state index is -0.150. The lowest BCUT2D eigenvalue weighted by atomic mass is 10.1. The van der Waals surface area contributed by atoms with Crippen molar-refractivity contribution in [2.24, 2.45) is 5.92 Å². The van der Waals surface area contributed by atoms with E-state index in [0.717, 1.165) is 32.5 Å². The van der Waals surface area contributed by atoms with Crippen molar-refractivity contribution in [2.45, 2.75) is 31.6 Å². The molecule has 0 spiro atoms. The highest BCUT2D eigenvalue weighted by molar-refractivity contribution is 7.80. The molecule has 2 rings (SSSR count). The molecule has 2 unspecified atom stereocenters. The largest absolute Gasteiger partial charge is 0.367 e. The average molecular weight is 234 g/mol. The van der Waals surface area contributed by atoms with Gasteiger partial charge in [-0.25, -0.2) is 9.78 Å². The first-order valence-electron chi connectivity index (χ1n) is 5.26. The van der Waals surface area contributed by atoms with Gasteiger partial charge in [0.25, 0.3) is 0 Å². The molecule has 2 fully saturated rings. The Labute approximate surface area is 95.6 Å². The summed E-state index contributed by atoms with van der Waals surface area (Å²) in [6.45, 7) is 3.82. The molecule has 4 nitrogen and oxygen atoms in total. The highest BCUT2D eigenvalue weighted by Crippen LogP contribution is 2.23. The third-order valence-electron chi connectivity index (χ3n) is 2.37. The van der Waals surface area contributed by atoms with E-state index in [0.29, 0.717) is 6.61 Å². The van der Waals surface area contributed by atoms with Crippen LogP contribution in [0, 0.1) is 5.92 Å². The van der Waals surface area contributed by atoms with Crippen LogP contribution >= 0.6 is 12.6 Å². The highest BCUT2D eigenvalue weighted by atomic mass is 32.1. The van der Waals surface area contributed by atoms with Gasteiger partial charge in [-0.15, -0.1) is 12.6 Å². The zero-order valence-corrected chi connectivity index (χ0v) is 9.87. The lowest BCUT2D eigenvalue weighted by Crippen LogP contribution is -2.16. The molecule has 2 atom stereocenters. The monoisotopic (exact) mass is 234 g/mol. The van der Waals surface area contributed by atoms with E-state index >= 15 is 0 Å². The molecule has 5 heteroatoms. The summed E-state index contributed by atoms with van der Waals surface area (Å²) in [7, 11) is 0. The Bertz CT molecular complexity index is 182.